The lowest BCUT2D eigenvalue weighted by Crippen LogP contribution is -2.25. The van der Waals surface area contributed by atoms with Crippen LogP contribution in [-0.4, -0.2) is 18.1 Å². The fraction of sp³-hybridized carbons (Fsp3) is 0.643. The van der Waals surface area contributed by atoms with Gasteiger partial charge in [-0.25, -0.2) is 4.98 Å². The number of halogens is 2. The van der Waals surface area contributed by atoms with Gasteiger partial charge < -0.3 is 4.90 Å². The van der Waals surface area contributed by atoms with Crippen LogP contribution in [0.2, 0.25) is 0 Å². The molecule has 0 bridgehead atoms. The van der Waals surface area contributed by atoms with E-state index in [1.807, 2.05) is 6.20 Å². The van der Waals surface area contributed by atoms with Gasteiger partial charge in [0.1, 0.15) is 5.82 Å². The minimum atomic E-state index is 0.797. The third-order valence-electron chi connectivity index (χ3n) is 3.80. The van der Waals surface area contributed by atoms with E-state index < -0.39 is 0 Å². The molecule has 1 aliphatic heterocycles. The van der Waals surface area contributed by atoms with E-state index in [0.717, 1.165) is 39.7 Å². The minimum absolute atomic E-state index is 0.797. The first-order valence-corrected chi connectivity index (χ1v) is 8.22. The van der Waals surface area contributed by atoms with Gasteiger partial charge in [0.2, 0.25) is 0 Å². The predicted molar refractivity (Wildman–Crippen MR) is 84.0 cm³/mol. The van der Waals surface area contributed by atoms with Crippen molar-refractivity contribution in [2.24, 2.45) is 11.8 Å². The topological polar surface area (TPSA) is 16.1 Å². The average molecular weight is 376 g/mol. The lowest BCUT2D eigenvalue weighted by Gasteiger charge is -2.23. The summed E-state index contributed by atoms with van der Waals surface area (Å²) in [7, 11) is 0. The van der Waals surface area contributed by atoms with Crippen LogP contribution >= 0.6 is 31.9 Å². The molecule has 2 rings (SSSR count). The van der Waals surface area contributed by atoms with E-state index in [9.17, 15) is 0 Å². The Bertz CT molecular complexity index is 407. The quantitative estimate of drug-likeness (QED) is 0.732. The zero-order valence-electron chi connectivity index (χ0n) is 11.0. The van der Waals surface area contributed by atoms with E-state index >= 15 is 0 Å². The maximum atomic E-state index is 4.55. The molecular weight excluding hydrogens is 356 g/mol. The Hall–Kier alpha value is -0.0900. The minimum Gasteiger partial charge on any atom is -0.356 e. The van der Waals surface area contributed by atoms with Crippen LogP contribution in [0.1, 0.15) is 33.1 Å². The van der Waals surface area contributed by atoms with Gasteiger partial charge in [-0.1, -0.05) is 13.8 Å². The van der Waals surface area contributed by atoms with Crippen LogP contribution in [0.25, 0.3) is 0 Å². The molecule has 2 heterocycles. The van der Waals surface area contributed by atoms with E-state index in [-0.39, 0.29) is 0 Å². The number of nitrogens with zero attached hydrogens (tertiary/aromatic N) is 2. The molecule has 0 aromatic carbocycles. The van der Waals surface area contributed by atoms with E-state index in [1.54, 1.807) is 0 Å². The van der Waals surface area contributed by atoms with Gasteiger partial charge in [-0.05, 0) is 69.0 Å². The summed E-state index contributed by atoms with van der Waals surface area (Å²) >= 11 is 7.07. The SMILES string of the molecule is CC(C)C1CCCN(c2ncc(Br)cc2Br)CC1. The van der Waals surface area contributed by atoms with Gasteiger partial charge >= 0.3 is 0 Å². The first kappa shape index (κ1) is 14.3. The van der Waals surface area contributed by atoms with Crippen LogP contribution < -0.4 is 4.90 Å². The van der Waals surface area contributed by atoms with Crippen LogP contribution in [0.3, 0.4) is 0 Å². The molecule has 18 heavy (non-hydrogen) atoms. The largest absolute Gasteiger partial charge is 0.356 e. The van der Waals surface area contributed by atoms with E-state index in [2.05, 4.69) is 61.7 Å². The van der Waals surface area contributed by atoms with Crippen molar-refractivity contribution in [1.82, 2.24) is 4.98 Å². The highest BCUT2D eigenvalue weighted by atomic mass is 79.9. The molecule has 100 valence electrons. The average Bonchev–Trinajstić information content (AvgIpc) is 2.54. The van der Waals surface area contributed by atoms with Gasteiger partial charge in [-0.2, -0.15) is 0 Å². The molecule has 0 N–H and O–H groups in total. The lowest BCUT2D eigenvalue weighted by molar-refractivity contribution is 0.351. The van der Waals surface area contributed by atoms with Crippen molar-refractivity contribution in [2.45, 2.75) is 33.1 Å². The van der Waals surface area contributed by atoms with Crippen molar-refractivity contribution in [3.8, 4) is 0 Å². The maximum Gasteiger partial charge on any atom is 0.142 e. The molecule has 0 spiro atoms. The number of hydrogen-bond donors (Lipinski definition) is 0. The van der Waals surface area contributed by atoms with Gasteiger partial charge in [0.25, 0.3) is 0 Å². The van der Waals surface area contributed by atoms with Crippen LogP contribution in [0, 0.1) is 11.8 Å². The molecule has 1 atom stereocenters. The summed E-state index contributed by atoms with van der Waals surface area (Å²) < 4.78 is 2.10. The molecule has 1 fully saturated rings. The number of aromatic nitrogens is 1. The van der Waals surface area contributed by atoms with Crippen molar-refractivity contribution in [3.05, 3.63) is 21.2 Å². The smallest absolute Gasteiger partial charge is 0.142 e. The third kappa shape index (κ3) is 3.47. The third-order valence-corrected chi connectivity index (χ3v) is 4.82. The summed E-state index contributed by atoms with van der Waals surface area (Å²) in [4.78, 5) is 6.96. The number of rotatable bonds is 2. The fourth-order valence-electron chi connectivity index (χ4n) is 2.64. The second-order valence-corrected chi connectivity index (χ2v) is 7.15. The normalized spacial score (nSPS) is 21.2. The zero-order chi connectivity index (χ0) is 13.1. The molecule has 1 aromatic rings. The lowest BCUT2D eigenvalue weighted by atomic mass is 9.89. The number of anilines is 1. The highest BCUT2D eigenvalue weighted by Gasteiger charge is 2.21. The van der Waals surface area contributed by atoms with Crippen LogP contribution in [0.4, 0.5) is 5.82 Å². The summed E-state index contributed by atoms with van der Waals surface area (Å²) in [6.45, 7) is 6.93. The van der Waals surface area contributed by atoms with Crippen molar-refractivity contribution < 1.29 is 0 Å². The molecule has 4 heteroatoms. The molecule has 0 saturated carbocycles. The maximum absolute atomic E-state index is 4.55. The molecule has 0 aliphatic carbocycles. The van der Waals surface area contributed by atoms with Crippen molar-refractivity contribution in [2.75, 3.05) is 18.0 Å². The first-order valence-electron chi connectivity index (χ1n) is 6.64. The van der Waals surface area contributed by atoms with E-state index in [0.29, 0.717) is 0 Å². The van der Waals surface area contributed by atoms with Crippen molar-refractivity contribution in [1.29, 1.82) is 0 Å². The van der Waals surface area contributed by atoms with E-state index in [1.165, 1.54) is 19.3 Å². The predicted octanol–water partition coefficient (Wildman–Crippen LogP) is 4.87. The highest BCUT2D eigenvalue weighted by Crippen LogP contribution is 2.31. The Morgan fingerprint density at radius 3 is 2.72 bits per heavy atom. The summed E-state index contributed by atoms with van der Waals surface area (Å²) in [6, 6.07) is 2.08. The number of hydrogen-bond acceptors (Lipinski definition) is 2. The molecule has 1 aromatic heterocycles. The molecule has 2 nitrogen and oxygen atoms in total. The molecule has 1 saturated heterocycles. The molecule has 1 unspecified atom stereocenters. The monoisotopic (exact) mass is 374 g/mol. The molecule has 1 aliphatic rings. The Kier molecular flexibility index (Phi) is 5.07. The Morgan fingerprint density at radius 1 is 1.28 bits per heavy atom. The Balaban J connectivity index is 2.10. The van der Waals surface area contributed by atoms with Crippen LogP contribution in [-0.2, 0) is 0 Å². The standard InChI is InChI=1S/C14H20Br2N2/c1-10(2)11-4-3-6-18(7-5-11)14-13(16)8-12(15)9-17-14/h8-11H,3-7H2,1-2H3. The molecule has 0 radical (unpaired) electrons. The van der Waals surface area contributed by atoms with Crippen LogP contribution in [0.15, 0.2) is 21.2 Å². The summed E-state index contributed by atoms with van der Waals surface area (Å²) in [5, 5.41) is 0. The molecule has 0 amide bonds. The Labute approximate surface area is 126 Å². The van der Waals surface area contributed by atoms with Crippen molar-refractivity contribution in [3.63, 3.8) is 0 Å². The summed E-state index contributed by atoms with van der Waals surface area (Å²) in [5.74, 6) is 2.75. The van der Waals surface area contributed by atoms with Gasteiger partial charge in [0, 0.05) is 23.8 Å². The van der Waals surface area contributed by atoms with Gasteiger partial charge in [0.15, 0.2) is 0 Å². The highest BCUT2D eigenvalue weighted by molar-refractivity contribution is 9.11. The fourth-order valence-corrected chi connectivity index (χ4v) is 3.88. The van der Waals surface area contributed by atoms with Crippen molar-refractivity contribution >= 4 is 37.7 Å². The van der Waals surface area contributed by atoms with E-state index in [4.69, 9.17) is 0 Å². The second-order valence-electron chi connectivity index (χ2n) is 5.38. The van der Waals surface area contributed by atoms with Crippen LogP contribution in [0.5, 0.6) is 0 Å². The number of pyridine rings is 1. The first-order chi connectivity index (χ1) is 8.58. The van der Waals surface area contributed by atoms with Gasteiger partial charge in [-0.15, -0.1) is 0 Å². The summed E-state index contributed by atoms with van der Waals surface area (Å²) in [6.07, 6.45) is 5.78. The summed E-state index contributed by atoms with van der Waals surface area (Å²) in [5.41, 5.74) is 0. The van der Waals surface area contributed by atoms with Gasteiger partial charge in [0.05, 0.1) is 4.47 Å². The van der Waals surface area contributed by atoms with Gasteiger partial charge in [-0.3, -0.25) is 0 Å². The zero-order valence-corrected chi connectivity index (χ0v) is 14.2. The Morgan fingerprint density at radius 2 is 2.06 bits per heavy atom. The molecular formula is C14H20Br2N2. The second kappa shape index (κ2) is 6.38.